The van der Waals surface area contributed by atoms with Gasteiger partial charge in [0.25, 0.3) is 0 Å². The first kappa shape index (κ1) is 28.3. The summed E-state index contributed by atoms with van der Waals surface area (Å²) in [5.74, 6) is 1.76. The molecule has 212 valence electrons. The van der Waals surface area contributed by atoms with E-state index in [0.29, 0.717) is 25.9 Å². The van der Waals surface area contributed by atoms with E-state index in [9.17, 15) is 13.2 Å². The third-order valence-electron chi connectivity index (χ3n) is 8.30. The van der Waals surface area contributed by atoms with Crippen molar-refractivity contribution in [2.45, 2.75) is 50.6 Å². The number of likely N-dealkylation sites (tertiary alicyclic amines) is 1. The van der Waals surface area contributed by atoms with E-state index >= 15 is 0 Å². The molecule has 0 atom stereocenters. The molecule has 0 unspecified atom stereocenters. The maximum Gasteiger partial charge on any atom is 0.230 e. The second-order valence-electron chi connectivity index (χ2n) is 10.8. The highest BCUT2D eigenvalue weighted by Crippen LogP contribution is 2.37. The lowest BCUT2D eigenvalue weighted by Crippen LogP contribution is -2.55. The molecular weight excluding hydrogens is 522 g/mol. The molecule has 7 nitrogen and oxygen atoms in total. The molecule has 2 aliphatic rings. The molecule has 1 amide bonds. The van der Waals surface area contributed by atoms with Gasteiger partial charge in [0.1, 0.15) is 11.5 Å². The summed E-state index contributed by atoms with van der Waals surface area (Å²) in [5.41, 5.74) is 1.46. The largest absolute Gasteiger partial charge is 0.457 e. The number of sulfonamides is 1. The van der Waals surface area contributed by atoms with Crippen molar-refractivity contribution in [3.63, 3.8) is 0 Å². The van der Waals surface area contributed by atoms with Crippen LogP contribution >= 0.6 is 0 Å². The van der Waals surface area contributed by atoms with Gasteiger partial charge in [0.15, 0.2) is 0 Å². The molecule has 3 aromatic carbocycles. The zero-order chi connectivity index (χ0) is 28.0. The molecule has 2 saturated heterocycles. The number of nitrogens with one attached hydrogen (secondary N) is 1. The number of nitrogens with zero attached hydrogens (tertiary/aromatic N) is 2. The number of para-hydroxylation sites is 1. The molecule has 2 heterocycles. The number of carbonyl (C=O) groups is 1. The Morgan fingerprint density at radius 3 is 2.15 bits per heavy atom. The Morgan fingerprint density at radius 2 is 1.50 bits per heavy atom. The van der Waals surface area contributed by atoms with Crippen LogP contribution in [0.2, 0.25) is 0 Å². The van der Waals surface area contributed by atoms with Gasteiger partial charge >= 0.3 is 0 Å². The summed E-state index contributed by atoms with van der Waals surface area (Å²) in [5, 5.41) is 3.36. The van der Waals surface area contributed by atoms with Crippen molar-refractivity contribution in [1.82, 2.24) is 14.5 Å². The van der Waals surface area contributed by atoms with Crippen molar-refractivity contribution in [2.24, 2.45) is 0 Å². The molecule has 0 saturated carbocycles. The van der Waals surface area contributed by atoms with E-state index in [4.69, 9.17) is 4.74 Å². The Labute approximate surface area is 238 Å². The second kappa shape index (κ2) is 12.5. The van der Waals surface area contributed by atoms with Crippen LogP contribution < -0.4 is 10.1 Å². The maximum absolute atomic E-state index is 13.9. The van der Waals surface area contributed by atoms with E-state index in [1.807, 2.05) is 72.8 Å². The van der Waals surface area contributed by atoms with Crippen LogP contribution in [0.25, 0.3) is 0 Å². The highest BCUT2D eigenvalue weighted by molar-refractivity contribution is 7.89. The predicted octanol–water partition coefficient (Wildman–Crippen LogP) is 4.94. The minimum absolute atomic E-state index is 0.0245. The molecule has 1 N–H and O–H groups in total. The van der Waals surface area contributed by atoms with E-state index < -0.39 is 15.4 Å². The number of benzene rings is 3. The van der Waals surface area contributed by atoms with Gasteiger partial charge in [0.05, 0.1) is 11.2 Å². The Kier molecular flexibility index (Phi) is 8.88. The summed E-state index contributed by atoms with van der Waals surface area (Å²) in [7, 11) is -3.27. The van der Waals surface area contributed by atoms with Gasteiger partial charge in [-0.05, 0) is 68.0 Å². The molecule has 40 heavy (non-hydrogen) atoms. The molecule has 2 fully saturated rings. The SMILES string of the molecule is CCS(=O)(=O)N1CCC(C(=O)NC2CCN(Cc3cccc(Oc4ccccc4)c3)CC2)(c2ccccc2)CC1. The first-order chi connectivity index (χ1) is 19.4. The average molecular weight is 562 g/mol. The minimum atomic E-state index is -3.27. The normalized spacial score (nSPS) is 18.7. The second-order valence-corrected chi connectivity index (χ2v) is 13.1. The number of ether oxygens (including phenoxy) is 1. The van der Waals surface area contributed by atoms with Gasteiger partial charge < -0.3 is 10.1 Å². The third kappa shape index (κ3) is 6.57. The molecule has 0 aromatic heterocycles. The molecule has 8 heteroatoms. The summed E-state index contributed by atoms with van der Waals surface area (Å²) in [6.45, 7) is 5.03. The molecule has 0 radical (unpaired) electrons. The van der Waals surface area contributed by atoms with Crippen molar-refractivity contribution >= 4 is 15.9 Å². The van der Waals surface area contributed by atoms with Crippen LogP contribution in [-0.2, 0) is 26.8 Å². The predicted molar refractivity (Wildman–Crippen MR) is 158 cm³/mol. The number of piperidine rings is 2. The molecule has 5 rings (SSSR count). The standard InChI is InChI=1S/C32H39N3O4S/c1-2-40(37,38)35-22-18-32(19-23-35,27-11-5-3-6-12-27)31(36)33-28-16-20-34(21-17-28)25-26-10-9-15-30(24-26)39-29-13-7-4-8-14-29/h3-15,24,28H,2,16-23,25H2,1H3,(H,33,36). The molecule has 3 aromatic rings. The monoisotopic (exact) mass is 561 g/mol. The lowest BCUT2D eigenvalue weighted by Gasteiger charge is -2.42. The average Bonchev–Trinajstić information content (AvgIpc) is 2.99. The van der Waals surface area contributed by atoms with Crippen LogP contribution in [0.15, 0.2) is 84.9 Å². The van der Waals surface area contributed by atoms with Gasteiger partial charge in [0.2, 0.25) is 15.9 Å². The van der Waals surface area contributed by atoms with Crippen molar-refractivity contribution in [3.05, 3.63) is 96.1 Å². The summed E-state index contributed by atoms with van der Waals surface area (Å²) < 4.78 is 32.5. The Balaban J connectivity index is 1.18. The summed E-state index contributed by atoms with van der Waals surface area (Å²) in [6, 6.07) is 28.0. The van der Waals surface area contributed by atoms with Crippen molar-refractivity contribution in [1.29, 1.82) is 0 Å². The van der Waals surface area contributed by atoms with Crippen LogP contribution in [0.4, 0.5) is 0 Å². The quantitative estimate of drug-likeness (QED) is 0.400. The molecule has 0 bridgehead atoms. The smallest absolute Gasteiger partial charge is 0.230 e. The van der Waals surface area contributed by atoms with Gasteiger partial charge in [-0.3, -0.25) is 9.69 Å². The summed E-state index contributed by atoms with van der Waals surface area (Å²) in [4.78, 5) is 16.3. The fourth-order valence-corrected chi connectivity index (χ4v) is 6.99. The first-order valence-corrected chi connectivity index (χ1v) is 15.9. The van der Waals surface area contributed by atoms with Gasteiger partial charge in [-0.2, -0.15) is 0 Å². The zero-order valence-electron chi connectivity index (χ0n) is 23.2. The minimum Gasteiger partial charge on any atom is -0.457 e. The van der Waals surface area contributed by atoms with Crippen molar-refractivity contribution in [2.75, 3.05) is 31.9 Å². The van der Waals surface area contributed by atoms with E-state index in [0.717, 1.165) is 49.5 Å². The highest BCUT2D eigenvalue weighted by atomic mass is 32.2. The van der Waals surface area contributed by atoms with E-state index in [-0.39, 0.29) is 17.7 Å². The Hall–Kier alpha value is -3.20. The highest BCUT2D eigenvalue weighted by Gasteiger charge is 2.45. The van der Waals surface area contributed by atoms with Gasteiger partial charge in [-0.1, -0.05) is 60.7 Å². The van der Waals surface area contributed by atoms with Crippen molar-refractivity contribution < 1.29 is 17.9 Å². The van der Waals surface area contributed by atoms with Crippen LogP contribution in [0.5, 0.6) is 11.5 Å². The van der Waals surface area contributed by atoms with E-state index in [1.165, 1.54) is 5.56 Å². The molecule has 2 aliphatic heterocycles. The van der Waals surface area contributed by atoms with Gasteiger partial charge in [0, 0.05) is 38.8 Å². The van der Waals surface area contributed by atoms with E-state index in [2.05, 4.69) is 22.3 Å². The number of rotatable bonds is 9. The van der Waals surface area contributed by atoms with Crippen LogP contribution in [0.1, 0.15) is 43.7 Å². The van der Waals surface area contributed by atoms with Crippen molar-refractivity contribution in [3.8, 4) is 11.5 Å². The number of carbonyl (C=O) groups excluding carboxylic acids is 1. The topological polar surface area (TPSA) is 79.0 Å². The number of amides is 1. The molecular formula is C32H39N3O4S. The maximum atomic E-state index is 13.9. The van der Waals surface area contributed by atoms with Crippen LogP contribution in [0.3, 0.4) is 0 Å². The van der Waals surface area contributed by atoms with Crippen LogP contribution in [0, 0.1) is 0 Å². The van der Waals surface area contributed by atoms with Crippen LogP contribution in [-0.4, -0.2) is 61.5 Å². The van der Waals surface area contributed by atoms with Gasteiger partial charge in [-0.25, -0.2) is 12.7 Å². The number of hydrogen-bond acceptors (Lipinski definition) is 5. The summed E-state index contributed by atoms with van der Waals surface area (Å²) in [6.07, 6.45) is 2.74. The Bertz CT molecular complexity index is 1370. The Morgan fingerprint density at radius 1 is 0.875 bits per heavy atom. The van der Waals surface area contributed by atoms with Gasteiger partial charge in [-0.15, -0.1) is 0 Å². The zero-order valence-corrected chi connectivity index (χ0v) is 24.0. The number of hydrogen-bond donors (Lipinski definition) is 1. The van der Waals surface area contributed by atoms with E-state index in [1.54, 1.807) is 11.2 Å². The fraction of sp³-hybridized carbons (Fsp3) is 0.406. The third-order valence-corrected chi connectivity index (χ3v) is 10.2. The fourth-order valence-electron chi connectivity index (χ4n) is 5.88. The summed E-state index contributed by atoms with van der Waals surface area (Å²) >= 11 is 0. The molecule has 0 aliphatic carbocycles. The lowest BCUT2D eigenvalue weighted by atomic mass is 9.72. The lowest BCUT2D eigenvalue weighted by molar-refractivity contribution is -0.129. The first-order valence-electron chi connectivity index (χ1n) is 14.3. The molecule has 0 spiro atoms.